The van der Waals surface area contributed by atoms with E-state index in [1.54, 1.807) is 0 Å². The Hall–Kier alpha value is -1.36. The van der Waals surface area contributed by atoms with Crippen LogP contribution in [-0.4, -0.2) is 26.1 Å². The van der Waals surface area contributed by atoms with Crippen LogP contribution in [0.5, 0.6) is 0 Å². The van der Waals surface area contributed by atoms with E-state index >= 15 is 0 Å². The quantitative estimate of drug-likeness (QED) is 0.743. The summed E-state index contributed by atoms with van der Waals surface area (Å²) in [6, 6.07) is 0. The molecule has 3 aliphatic rings. The zero-order chi connectivity index (χ0) is 14.7. The molecule has 0 unspecified atom stereocenters. The van der Waals surface area contributed by atoms with E-state index in [2.05, 4.69) is 28.7 Å². The number of unbranched alkanes of at least 4 members (excludes halogenated alkanes) is 2. The van der Waals surface area contributed by atoms with Crippen molar-refractivity contribution in [3.05, 3.63) is 12.2 Å². The highest BCUT2D eigenvalue weighted by Crippen LogP contribution is 2.40. The summed E-state index contributed by atoms with van der Waals surface area (Å²) in [6.45, 7) is 6.30. The molecule has 0 aromatic heterocycles. The number of nitrogens with zero attached hydrogens (tertiary/aromatic N) is 4. The van der Waals surface area contributed by atoms with Crippen molar-refractivity contribution < 1.29 is 0 Å². The number of anilines is 1. The van der Waals surface area contributed by atoms with Gasteiger partial charge in [-0.2, -0.15) is 0 Å². The van der Waals surface area contributed by atoms with E-state index in [9.17, 15) is 0 Å². The Morgan fingerprint density at radius 1 is 1.18 bits per heavy atom. The van der Waals surface area contributed by atoms with Gasteiger partial charge < -0.3 is 9.88 Å². The molecule has 2 heterocycles. The van der Waals surface area contributed by atoms with E-state index in [1.807, 2.05) is 6.33 Å². The first-order valence-electron chi connectivity index (χ1n) is 8.30. The highest BCUT2D eigenvalue weighted by Gasteiger charge is 2.30. The van der Waals surface area contributed by atoms with Gasteiger partial charge in [0.25, 0.3) is 0 Å². The molecule has 1 aliphatic carbocycles. The second-order valence-electron chi connectivity index (χ2n) is 5.95. The van der Waals surface area contributed by atoms with Crippen molar-refractivity contribution in [2.75, 3.05) is 11.9 Å². The lowest BCUT2D eigenvalue weighted by Gasteiger charge is -2.13. The summed E-state index contributed by atoms with van der Waals surface area (Å²) in [5.41, 5.74) is 0.948. The van der Waals surface area contributed by atoms with Crippen molar-refractivity contribution in [2.45, 2.75) is 64.8 Å². The first-order valence-corrected chi connectivity index (χ1v) is 8.30. The smallest absolute Gasteiger partial charge is 0.165 e. The topological polar surface area (TPSA) is 55.6 Å². The maximum absolute atomic E-state index is 4.77. The second kappa shape index (κ2) is 7.77. The zero-order valence-electron chi connectivity index (χ0n) is 13.5. The molecular weight excluding hydrogens is 298 g/mol. The fraction of sp³-hybridized carbons (Fsp3) is 0.688. The summed E-state index contributed by atoms with van der Waals surface area (Å²) in [4.78, 5) is 14.1. The highest BCUT2D eigenvalue weighted by atomic mass is 35.5. The number of imidazole rings is 1. The van der Waals surface area contributed by atoms with Gasteiger partial charge in [0, 0.05) is 19.0 Å². The molecule has 2 aliphatic heterocycles. The number of nitrogens with one attached hydrogen (secondary N) is 1. The van der Waals surface area contributed by atoms with Crippen LogP contribution in [0, 0.1) is 0 Å². The highest BCUT2D eigenvalue weighted by molar-refractivity contribution is 5.85. The van der Waals surface area contributed by atoms with Crippen molar-refractivity contribution in [3.63, 3.8) is 0 Å². The lowest BCUT2D eigenvalue weighted by molar-refractivity contribution is 0.658. The lowest BCUT2D eigenvalue weighted by atomic mass is 10.2. The molecule has 0 atom stereocenters. The molecule has 1 saturated carbocycles. The van der Waals surface area contributed by atoms with E-state index in [4.69, 9.17) is 9.97 Å². The van der Waals surface area contributed by atoms with Gasteiger partial charge in [-0.1, -0.05) is 26.7 Å². The molecule has 1 fully saturated rings. The first kappa shape index (κ1) is 17.0. The third-order valence-corrected chi connectivity index (χ3v) is 3.96. The molecule has 0 spiro atoms. The summed E-state index contributed by atoms with van der Waals surface area (Å²) in [7, 11) is 0. The van der Waals surface area contributed by atoms with Gasteiger partial charge >= 0.3 is 0 Å². The fourth-order valence-corrected chi connectivity index (χ4v) is 2.59. The Bertz CT molecular complexity index is 564. The molecule has 6 heteroatoms. The van der Waals surface area contributed by atoms with Crippen LogP contribution in [0.2, 0.25) is 0 Å². The van der Waals surface area contributed by atoms with Crippen molar-refractivity contribution in [2.24, 2.45) is 0 Å². The summed E-state index contributed by atoms with van der Waals surface area (Å²) >= 11 is 0. The van der Waals surface area contributed by atoms with E-state index in [0.29, 0.717) is 5.92 Å². The van der Waals surface area contributed by atoms with Gasteiger partial charge in [-0.25, -0.2) is 15.0 Å². The Labute approximate surface area is 138 Å². The summed E-state index contributed by atoms with van der Waals surface area (Å²) in [5.74, 6) is 3.49. The minimum absolute atomic E-state index is 0. The standard InChI is InChI=1S/C16H25N5.ClH/c1-3-5-6-9-17-15-13-16(21(10-4-2)11-18-15)20-14(19-13)12-7-8-12;/h11-12,17H,3-10H2,1-2H3;1H. The largest absolute Gasteiger partial charge is 0.368 e. The SMILES string of the molecule is CCCCCNc1ncn(CCC)c2nc(C3CC3)nc1-2.Cl. The van der Waals surface area contributed by atoms with Gasteiger partial charge in [0.1, 0.15) is 5.82 Å². The lowest BCUT2D eigenvalue weighted by Crippen LogP contribution is -2.11. The Kier molecular flexibility index (Phi) is 6.00. The van der Waals surface area contributed by atoms with Gasteiger partial charge in [0.05, 0.1) is 6.33 Å². The molecule has 0 amide bonds. The summed E-state index contributed by atoms with van der Waals surface area (Å²) in [5, 5.41) is 3.44. The molecule has 3 rings (SSSR count). The Morgan fingerprint density at radius 3 is 2.68 bits per heavy atom. The Morgan fingerprint density at radius 2 is 2.00 bits per heavy atom. The van der Waals surface area contributed by atoms with Crippen LogP contribution in [0.15, 0.2) is 6.33 Å². The number of hydrogen-bond acceptors (Lipinski definition) is 4. The van der Waals surface area contributed by atoms with Gasteiger partial charge in [-0.3, -0.25) is 0 Å². The normalized spacial score (nSPS) is 14.1. The summed E-state index contributed by atoms with van der Waals surface area (Å²) in [6.07, 6.45) is 9.10. The van der Waals surface area contributed by atoms with E-state index in [-0.39, 0.29) is 12.4 Å². The van der Waals surface area contributed by atoms with Gasteiger partial charge in [-0.05, 0) is 25.7 Å². The zero-order valence-corrected chi connectivity index (χ0v) is 14.3. The van der Waals surface area contributed by atoms with Crippen LogP contribution in [-0.2, 0) is 6.54 Å². The van der Waals surface area contributed by atoms with E-state index in [0.717, 1.165) is 42.7 Å². The molecular formula is C16H26ClN5. The Balaban J connectivity index is 0.00000176. The van der Waals surface area contributed by atoms with E-state index < -0.39 is 0 Å². The molecule has 0 saturated heterocycles. The number of aromatic nitrogens is 4. The predicted molar refractivity (Wildman–Crippen MR) is 92.0 cm³/mol. The van der Waals surface area contributed by atoms with Crippen molar-refractivity contribution >= 4 is 18.2 Å². The number of rotatable bonds is 8. The minimum atomic E-state index is 0. The van der Waals surface area contributed by atoms with Crippen molar-refractivity contribution in [1.82, 2.24) is 19.5 Å². The van der Waals surface area contributed by atoms with Crippen molar-refractivity contribution in [3.8, 4) is 11.5 Å². The fourth-order valence-electron chi connectivity index (χ4n) is 2.59. The first-order chi connectivity index (χ1) is 10.3. The molecule has 122 valence electrons. The molecule has 0 aromatic carbocycles. The van der Waals surface area contributed by atoms with Crippen LogP contribution >= 0.6 is 12.4 Å². The monoisotopic (exact) mass is 323 g/mol. The third-order valence-electron chi connectivity index (χ3n) is 3.96. The van der Waals surface area contributed by atoms with Gasteiger partial charge in [-0.15, -0.1) is 12.4 Å². The molecule has 0 radical (unpaired) electrons. The van der Waals surface area contributed by atoms with Crippen LogP contribution in [0.4, 0.5) is 5.82 Å². The molecule has 0 aromatic rings. The van der Waals surface area contributed by atoms with Crippen LogP contribution in [0.1, 0.15) is 64.1 Å². The second-order valence-corrected chi connectivity index (χ2v) is 5.95. The molecule has 5 nitrogen and oxygen atoms in total. The third kappa shape index (κ3) is 3.69. The number of halogens is 1. The summed E-state index contributed by atoms with van der Waals surface area (Å²) < 4.78 is 2.13. The minimum Gasteiger partial charge on any atom is -0.368 e. The average Bonchev–Trinajstić information content (AvgIpc) is 3.24. The van der Waals surface area contributed by atoms with Crippen molar-refractivity contribution in [1.29, 1.82) is 0 Å². The maximum atomic E-state index is 4.77. The van der Waals surface area contributed by atoms with Crippen LogP contribution in [0.25, 0.3) is 11.5 Å². The predicted octanol–water partition coefficient (Wildman–Crippen LogP) is 4.09. The number of fused-ring (bicyclic) bond motifs is 1. The van der Waals surface area contributed by atoms with Crippen LogP contribution < -0.4 is 5.32 Å². The van der Waals surface area contributed by atoms with Gasteiger partial charge in [0.15, 0.2) is 17.3 Å². The van der Waals surface area contributed by atoms with E-state index in [1.165, 1.54) is 32.1 Å². The molecule has 0 bridgehead atoms. The van der Waals surface area contributed by atoms with Crippen LogP contribution in [0.3, 0.4) is 0 Å². The molecule has 1 N–H and O–H groups in total. The number of aryl methyl sites for hydroxylation is 1. The molecule has 22 heavy (non-hydrogen) atoms. The maximum Gasteiger partial charge on any atom is 0.165 e. The van der Waals surface area contributed by atoms with Gasteiger partial charge in [0.2, 0.25) is 0 Å². The average molecular weight is 324 g/mol. The number of hydrogen-bond donors (Lipinski definition) is 1.